The summed E-state index contributed by atoms with van der Waals surface area (Å²) in [5.74, 6) is 0. The van der Waals surface area contributed by atoms with E-state index in [0.717, 1.165) is 12.6 Å². The molecule has 0 aliphatic rings. The second-order valence-corrected chi connectivity index (χ2v) is 4.49. The Morgan fingerprint density at radius 3 is 1.89 bits per heavy atom. The van der Waals surface area contributed by atoms with Gasteiger partial charge < -0.3 is 15.7 Å². The normalized spacial score (nSPS) is 17.1. The summed E-state index contributed by atoms with van der Waals surface area (Å²) in [6.07, 6.45) is -4.82. The van der Waals surface area contributed by atoms with Crippen LogP contribution in [-0.2, 0) is 5.60 Å². The first-order chi connectivity index (χ1) is 8.10. The molecule has 0 aromatic heterocycles. The molecule has 0 radical (unpaired) electrons. The van der Waals surface area contributed by atoms with E-state index in [1.54, 1.807) is 19.0 Å². The molecule has 0 amide bonds. The van der Waals surface area contributed by atoms with E-state index in [1.165, 1.54) is 24.3 Å². The van der Waals surface area contributed by atoms with Gasteiger partial charge in [-0.1, -0.05) is 12.1 Å². The van der Waals surface area contributed by atoms with Crippen LogP contribution in [0.25, 0.3) is 0 Å². The zero-order valence-electron chi connectivity index (χ0n) is 10.5. The van der Waals surface area contributed by atoms with Crippen molar-refractivity contribution < 1.29 is 18.3 Å². The minimum atomic E-state index is -4.82. The van der Waals surface area contributed by atoms with Gasteiger partial charge in [0.2, 0.25) is 5.60 Å². The van der Waals surface area contributed by atoms with Crippen LogP contribution in [0.3, 0.4) is 0 Å². The predicted octanol–water partition coefficient (Wildman–Crippen LogP) is 1.85. The standard InChI is InChI=1S/C12H17F3N2O/c1-8(16)11(18,12(13,14)15)9-4-6-10(7-5-9)17(2)3/h4-8,18H,16H2,1-3H3. The summed E-state index contributed by atoms with van der Waals surface area (Å²) < 4.78 is 38.9. The maximum absolute atomic E-state index is 13.0. The fourth-order valence-electron chi connectivity index (χ4n) is 1.70. The van der Waals surface area contributed by atoms with Gasteiger partial charge in [-0.05, 0) is 24.6 Å². The fraction of sp³-hybridized carbons (Fsp3) is 0.500. The van der Waals surface area contributed by atoms with Crippen LogP contribution in [0.2, 0.25) is 0 Å². The highest BCUT2D eigenvalue weighted by molar-refractivity contribution is 5.47. The van der Waals surface area contributed by atoms with E-state index in [-0.39, 0.29) is 5.56 Å². The molecule has 0 fully saturated rings. The molecule has 1 aromatic rings. The number of nitrogens with two attached hydrogens (primary N) is 1. The van der Waals surface area contributed by atoms with Crippen LogP contribution in [0.4, 0.5) is 18.9 Å². The van der Waals surface area contributed by atoms with Crippen molar-refractivity contribution in [1.82, 2.24) is 0 Å². The molecule has 18 heavy (non-hydrogen) atoms. The van der Waals surface area contributed by atoms with Gasteiger partial charge in [0, 0.05) is 25.8 Å². The molecule has 0 aliphatic heterocycles. The number of nitrogens with zero attached hydrogens (tertiary/aromatic N) is 1. The van der Waals surface area contributed by atoms with Crippen LogP contribution in [0.15, 0.2) is 24.3 Å². The Morgan fingerprint density at radius 2 is 1.61 bits per heavy atom. The highest BCUT2D eigenvalue weighted by atomic mass is 19.4. The Hall–Kier alpha value is -1.27. The van der Waals surface area contributed by atoms with Gasteiger partial charge >= 0.3 is 6.18 Å². The summed E-state index contributed by atoms with van der Waals surface area (Å²) in [5, 5.41) is 9.86. The minimum Gasteiger partial charge on any atom is -0.378 e. The van der Waals surface area contributed by atoms with Crippen LogP contribution in [0.1, 0.15) is 12.5 Å². The van der Waals surface area contributed by atoms with Gasteiger partial charge in [0.05, 0.1) is 0 Å². The average molecular weight is 262 g/mol. The third-order valence-corrected chi connectivity index (χ3v) is 2.91. The molecule has 1 aromatic carbocycles. The first kappa shape index (κ1) is 14.8. The summed E-state index contributed by atoms with van der Waals surface area (Å²) in [5.41, 5.74) is 2.77. The number of alkyl halides is 3. The summed E-state index contributed by atoms with van der Waals surface area (Å²) in [6, 6.07) is 4.05. The second-order valence-electron chi connectivity index (χ2n) is 4.49. The molecule has 2 unspecified atom stereocenters. The van der Waals surface area contributed by atoms with E-state index in [4.69, 9.17) is 5.73 Å². The number of hydrogen-bond donors (Lipinski definition) is 2. The quantitative estimate of drug-likeness (QED) is 0.874. The number of rotatable bonds is 3. The van der Waals surface area contributed by atoms with Crippen LogP contribution in [0.5, 0.6) is 0 Å². The van der Waals surface area contributed by atoms with E-state index in [1.807, 2.05) is 0 Å². The molecule has 6 heteroatoms. The van der Waals surface area contributed by atoms with Gasteiger partial charge in [-0.15, -0.1) is 0 Å². The molecular weight excluding hydrogens is 245 g/mol. The highest BCUT2D eigenvalue weighted by Gasteiger charge is 2.57. The van der Waals surface area contributed by atoms with Crippen molar-refractivity contribution in [2.45, 2.75) is 24.7 Å². The molecule has 1 rings (SSSR count). The van der Waals surface area contributed by atoms with Crippen molar-refractivity contribution in [2.24, 2.45) is 5.73 Å². The molecule has 102 valence electrons. The molecule has 0 bridgehead atoms. The second kappa shape index (κ2) is 4.78. The van der Waals surface area contributed by atoms with Crippen LogP contribution >= 0.6 is 0 Å². The number of hydrogen-bond acceptors (Lipinski definition) is 3. The van der Waals surface area contributed by atoms with Crippen molar-refractivity contribution >= 4 is 5.69 Å². The van der Waals surface area contributed by atoms with Crippen LogP contribution in [0, 0.1) is 0 Å². The maximum atomic E-state index is 13.0. The van der Waals surface area contributed by atoms with Crippen molar-refractivity contribution in [1.29, 1.82) is 0 Å². The van der Waals surface area contributed by atoms with Gasteiger partial charge in [-0.3, -0.25) is 0 Å². The Kier molecular flexibility index (Phi) is 3.92. The van der Waals surface area contributed by atoms with Gasteiger partial charge in [0.25, 0.3) is 0 Å². The van der Waals surface area contributed by atoms with Gasteiger partial charge in [-0.25, -0.2) is 0 Å². The lowest BCUT2D eigenvalue weighted by Crippen LogP contribution is -2.54. The van der Waals surface area contributed by atoms with Crippen molar-refractivity contribution in [3.63, 3.8) is 0 Å². The lowest BCUT2D eigenvalue weighted by atomic mass is 9.87. The molecule has 3 N–H and O–H groups in total. The first-order valence-electron chi connectivity index (χ1n) is 5.43. The molecular formula is C12H17F3N2O. The number of anilines is 1. The van der Waals surface area contributed by atoms with Crippen LogP contribution in [-0.4, -0.2) is 31.4 Å². The molecule has 0 heterocycles. The zero-order chi connectivity index (χ0) is 14.1. The van der Waals surface area contributed by atoms with E-state index in [2.05, 4.69) is 0 Å². The summed E-state index contributed by atoms with van der Waals surface area (Å²) in [4.78, 5) is 1.75. The van der Waals surface area contributed by atoms with Crippen molar-refractivity contribution in [2.75, 3.05) is 19.0 Å². The summed E-state index contributed by atoms with van der Waals surface area (Å²) >= 11 is 0. The van der Waals surface area contributed by atoms with Gasteiger partial charge in [0.1, 0.15) is 0 Å². The van der Waals surface area contributed by atoms with Crippen molar-refractivity contribution in [3.05, 3.63) is 29.8 Å². The Bertz CT molecular complexity index is 401. The zero-order valence-corrected chi connectivity index (χ0v) is 10.5. The lowest BCUT2D eigenvalue weighted by molar-refractivity contribution is -0.272. The maximum Gasteiger partial charge on any atom is 0.422 e. The van der Waals surface area contributed by atoms with Gasteiger partial charge in [0.15, 0.2) is 0 Å². The topological polar surface area (TPSA) is 49.5 Å². The lowest BCUT2D eigenvalue weighted by Gasteiger charge is -2.34. The molecule has 0 saturated heterocycles. The fourth-order valence-corrected chi connectivity index (χ4v) is 1.70. The Labute approximate surface area is 104 Å². The first-order valence-corrected chi connectivity index (χ1v) is 5.43. The molecule has 3 nitrogen and oxygen atoms in total. The Morgan fingerprint density at radius 1 is 1.17 bits per heavy atom. The van der Waals surface area contributed by atoms with E-state index in [9.17, 15) is 18.3 Å². The summed E-state index contributed by atoms with van der Waals surface area (Å²) in [6.45, 7) is 1.13. The highest BCUT2D eigenvalue weighted by Crippen LogP contribution is 2.41. The van der Waals surface area contributed by atoms with E-state index in [0.29, 0.717) is 0 Å². The number of halogens is 3. The number of benzene rings is 1. The molecule has 0 aliphatic carbocycles. The largest absolute Gasteiger partial charge is 0.422 e. The number of aliphatic hydroxyl groups is 1. The molecule has 0 saturated carbocycles. The van der Waals surface area contributed by atoms with E-state index >= 15 is 0 Å². The SMILES string of the molecule is CC(N)C(O)(c1ccc(N(C)C)cc1)C(F)(F)F. The monoisotopic (exact) mass is 262 g/mol. The predicted molar refractivity (Wildman–Crippen MR) is 64.4 cm³/mol. The van der Waals surface area contributed by atoms with Crippen molar-refractivity contribution in [3.8, 4) is 0 Å². The molecule has 0 spiro atoms. The summed E-state index contributed by atoms with van der Waals surface area (Å²) in [7, 11) is 3.55. The third kappa shape index (κ3) is 2.44. The minimum absolute atomic E-state index is 0.254. The average Bonchev–Trinajstić information content (AvgIpc) is 2.26. The molecule has 2 atom stereocenters. The third-order valence-electron chi connectivity index (χ3n) is 2.91. The van der Waals surface area contributed by atoms with Gasteiger partial charge in [-0.2, -0.15) is 13.2 Å². The Balaban J connectivity index is 3.24. The smallest absolute Gasteiger partial charge is 0.378 e. The van der Waals surface area contributed by atoms with Crippen LogP contribution < -0.4 is 10.6 Å². The van der Waals surface area contributed by atoms with E-state index < -0.39 is 17.8 Å².